The molecule has 0 amide bonds. The zero-order valence-electron chi connectivity index (χ0n) is 26.4. The number of rotatable bonds is 6. The van der Waals surface area contributed by atoms with Crippen LogP contribution in [0.3, 0.4) is 0 Å². The summed E-state index contributed by atoms with van der Waals surface area (Å²) >= 11 is 5.15. The lowest BCUT2D eigenvalue weighted by atomic mass is 10.0. The van der Waals surface area contributed by atoms with Gasteiger partial charge in [0.2, 0.25) is 0 Å². The van der Waals surface area contributed by atoms with Crippen LogP contribution in [0.5, 0.6) is 0 Å². The van der Waals surface area contributed by atoms with Crippen molar-refractivity contribution in [3.8, 4) is 32.4 Å². The van der Waals surface area contributed by atoms with Crippen LogP contribution >= 0.6 is 34.0 Å². The van der Waals surface area contributed by atoms with Crippen molar-refractivity contribution in [2.75, 3.05) is 4.90 Å². The van der Waals surface area contributed by atoms with Gasteiger partial charge in [0.25, 0.3) is 0 Å². The standard InChI is InChI=1S/C42H25N5S3/c1-4-10-35-32(7-1)38-39(43-25-44-42(38)48-35)26-13-19-29(20-14-26)47(30-21-15-27(16-22-30)40-45-33-8-2-5-11-36(33)49-40)31-23-17-28(18-24-31)41-46-34-9-3-6-12-37(34)50-41/h1-25H. The number of hydrogen-bond donors (Lipinski definition) is 0. The van der Waals surface area contributed by atoms with Crippen LogP contribution in [0.25, 0.3) is 73.1 Å². The molecule has 0 aliphatic heterocycles. The number of thiophene rings is 1. The molecule has 0 bridgehead atoms. The van der Waals surface area contributed by atoms with Crippen LogP contribution in [0, 0.1) is 0 Å². The van der Waals surface area contributed by atoms with Crippen molar-refractivity contribution in [3.63, 3.8) is 0 Å². The smallest absolute Gasteiger partial charge is 0.128 e. The number of hydrogen-bond acceptors (Lipinski definition) is 8. The normalized spacial score (nSPS) is 11.6. The van der Waals surface area contributed by atoms with Gasteiger partial charge in [0.05, 0.1) is 26.1 Å². The molecule has 8 heteroatoms. The second-order valence-corrected chi connectivity index (χ2v) is 15.0. The van der Waals surface area contributed by atoms with Gasteiger partial charge in [0, 0.05) is 49.2 Å². The van der Waals surface area contributed by atoms with Crippen LogP contribution in [0.1, 0.15) is 0 Å². The fraction of sp³-hybridized carbons (Fsp3) is 0. The second kappa shape index (κ2) is 12.0. The molecule has 0 spiro atoms. The van der Waals surface area contributed by atoms with Gasteiger partial charge in [-0.15, -0.1) is 34.0 Å². The van der Waals surface area contributed by atoms with Gasteiger partial charge >= 0.3 is 0 Å². The topological polar surface area (TPSA) is 54.8 Å². The largest absolute Gasteiger partial charge is 0.311 e. The molecule has 0 aliphatic carbocycles. The van der Waals surface area contributed by atoms with Gasteiger partial charge in [-0.3, -0.25) is 0 Å². The third-order valence-corrected chi connectivity index (χ3v) is 12.2. The maximum absolute atomic E-state index is 4.89. The molecule has 6 aromatic carbocycles. The lowest BCUT2D eigenvalue weighted by Gasteiger charge is -2.26. The molecule has 0 unspecified atom stereocenters. The molecule has 0 fully saturated rings. The molecule has 4 aromatic heterocycles. The first kappa shape index (κ1) is 29.1. The van der Waals surface area contributed by atoms with Crippen LogP contribution in [0.2, 0.25) is 0 Å². The first-order valence-electron chi connectivity index (χ1n) is 16.2. The average molecular weight is 696 g/mol. The van der Waals surface area contributed by atoms with E-state index in [2.05, 4.69) is 143 Å². The highest BCUT2D eigenvalue weighted by molar-refractivity contribution is 7.25. The summed E-state index contributed by atoms with van der Waals surface area (Å²) in [5, 5.41) is 4.33. The lowest BCUT2D eigenvalue weighted by Crippen LogP contribution is -2.09. The second-order valence-electron chi connectivity index (χ2n) is 12.0. The Morgan fingerprint density at radius 3 is 1.44 bits per heavy atom. The SMILES string of the molecule is c1ccc2sc(-c3ccc(N(c4ccc(-c5nc6ccccc6s5)cc4)c4ccc(-c5ncnc6sc7ccccc7c56)cc4)cc3)nc2c1. The van der Waals surface area contributed by atoms with E-state index in [-0.39, 0.29) is 0 Å². The number of aromatic nitrogens is 4. The maximum atomic E-state index is 4.89. The third-order valence-electron chi connectivity index (χ3n) is 8.91. The Bertz CT molecular complexity index is 2630. The molecule has 0 aliphatic rings. The maximum Gasteiger partial charge on any atom is 0.128 e. The number of benzene rings is 6. The van der Waals surface area contributed by atoms with Crippen LogP contribution in [-0.2, 0) is 0 Å². The van der Waals surface area contributed by atoms with Gasteiger partial charge in [-0.2, -0.15) is 0 Å². The van der Waals surface area contributed by atoms with E-state index in [0.29, 0.717) is 0 Å². The van der Waals surface area contributed by atoms with Crippen molar-refractivity contribution in [1.29, 1.82) is 0 Å². The van der Waals surface area contributed by atoms with E-state index in [0.717, 1.165) is 70.7 Å². The monoisotopic (exact) mass is 695 g/mol. The summed E-state index contributed by atoms with van der Waals surface area (Å²) in [6, 6.07) is 51.2. The molecule has 0 N–H and O–H groups in total. The molecule has 4 heterocycles. The number of nitrogens with zero attached hydrogens (tertiary/aromatic N) is 5. The minimum Gasteiger partial charge on any atom is -0.311 e. The van der Waals surface area contributed by atoms with E-state index in [1.807, 2.05) is 12.1 Å². The third kappa shape index (κ3) is 5.04. The zero-order valence-corrected chi connectivity index (χ0v) is 28.8. The summed E-state index contributed by atoms with van der Waals surface area (Å²) in [6.07, 6.45) is 1.67. The molecule has 5 nitrogen and oxygen atoms in total. The van der Waals surface area contributed by atoms with Gasteiger partial charge in [0.15, 0.2) is 0 Å². The Morgan fingerprint density at radius 2 is 0.900 bits per heavy atom. The van der Waals surface area contributed by atoms with E-state index >= 15 is 0 Å². The van der Waals surface area contributed by atoms with Crippen LogP contribution in [-0.4, -0.2) is 19.9 Å². The summed E-state index contributed by atoms with van der Waals surface area (Å²) in [4.78, 5) is 22.5. The fourth-order valence-corrected chi connectivity index (χ4v) is 9.47. The molecule has 10 rings (SSSR count). The lowest BCUT2D eigenvalue weighted by molar-refractivity contribution is 1.23. The Morgan fingerprint density at radius 1 is 0.420 bits per heavy atom. The van der Waals surface area contributed by atoms with Crippen molar-refractivity contribution in [2.45, 2.75) is 0 Å². The molecule has 0 saturated heterocycles. The molecule has 50 heavy (non-hydrogen) atoms. The predicted octanol–water partition coefficient (Wildman–Crippen LogP) is 12.5. The van der Waals surface area contributed by atoms with E-state index in [1.54, 1.807) is 40.3 Å². The predicted molar refractivity (Wildman–Crippen MR) is 212 cm³/mol. The molecule has 236 valence electrons. The Labute approximate surface area is 299 Å². The average Bonchev–Trinajstić information content (AvgIpc) is 3.91. The van der Waals surface area contributed by atoms with Crippen molar-refractivity contribution < 1.29 is 0 Å². The number of fused-ring (bicyclic) bond motifs is 5. The highest BCUT2D eigenvalue weighted by Gasteiger charge is 2.17. The summed E-state index contributed by atoms with van der Waals surface area (Å²) in [6.45, 7) is 0. The molecule has 0 saturated carbocycles. The Hall–Kier alpha value is -5.80. The molecule has 0 atom stereocenters. The Balaban J connectivity index is 1.05. The fourth-order valence-electron chi connectivity index (χ4n) is 6.49. The van der Waals surface area contributed by atoms with Gasteiger partial charge in [-0.1, -0.05) is 54.6 Å². The van der Waals surface area contributed by atoms with Gasteiger partial charge in [-0.05, 0) is 91.0 Å². The van der Waals surface area contributed by atoms with E-state index in [4.69, 9.17) is 15.0 Å². The number of anilines is 3. The van der Waals surface area contributed by atoms with E-state index < -0.39 is 0 Å². The summed E-state index contributed by atoms with van der Waals surface area (Å²) in [5.41, 5.74) is 9.44. The number of thiazole rings is 2. The van der Waals surface area contributed by atoms with Gasteiger partial charge in [-0.25, -0.2) is 19.9 Å². The molecule has 10 aromatic rings. The Kier molecular flexibility index (Phi) is 6.97. The molecular formula is C42H25N5S3. The molecule has 0 radical (unpaired) electrons. The highest BCUT2D eigenvalue weighted by Crippen LogP contribution is 2.41. The van der Waals surface area contributed by atoms with E-state index in [9.17, 15) is 0 Å². The zero-order chi connectivity index (χ0) is 33.0. The van der Waals surface area contributed by atoms with Crippen LogP contribution in [0.4, 0.5) is 17.1 Å². The van der Waals surface area contributed by atoms with Gasteiger partial charge < -0.3 is 4.90 Å². The van der Waals surface area contributed by atoms with Crippen LogP contribution in [0.15, 0.2) is 152 Å². The van der Waals surface area contributed by atoms with Crippen molar-refractivity contribution in [1.82, 2.24) is 19.9 Å². The minimum atomic E-state index is 0.950. The quantitative estimate of drug-likeness (QED) is 0.173. The van der Waals surface area contributed by atoms with Gasteiger partial charge in [0.1, 0.15) is 21.2 Å². The van der Waals surface area contributed by atoms with Crippen LogP contribution < -0.4 is 4.90 Å². The first-order chi connectivity index (χ1) is 24.7. The number of para-hydroxylation sites is 2. The van der Waals surface area contributed by atoms with Crippen molar-refractivity contribution in [3.05, 3.63) is 152 Å². The molecular weight excluding hydrogens is 671 g/mol. The van der Waals surface area contributed by atoms with Crippen molar-refractivity contribution in [2.24, 2.45) is 0 Å². The summed E-state index contributed by atoms with van der Waals surface area (Å²) in [5.74, 6) is 0. The van der Waals surface area contributed by atoms with E-state index in [1.165, 1.54) is 19.5 Å². The highest BCUT2D eigenvalue weighted by atomic mass is 32.1. The van der Waals surface area contributed by atoms with Crippen molar-refractivity contribution >= 4 is 91.8 Å². The first-order valence-corrected chi connectivity index (χ1v) is 18.6. The summed E-state index contributed by atoms with van der Waals surface area (Å²) < 4.78 is 3.60. The minimum absolute atomic E-state index is 0.950. The summed E-state index contributed by atoms with van der Waals surface area (Å²) in [7, 11) is 0.